The molecule has 0 radical (unpaired) electrons. The predicted octanol–water partition coefficient (Wildman–Crippen LogP) is 3.31. The Balaban J connectivity index is 1.90. The summed E-state index contributed by atoms with van der Waals surface area (Å²) in [7, 11) is 0. The Bertz CT molecular complexity index is 339. The van der Waals surface area contributed by atoms with Gasteiger partial charge in [-0.25, -0.2) is 0 Å². The molecular formula is C14H23ClO2. The smallest absolute Gasteiger partial charge is 0.169 e. The molecule has 3 aliphatic rings. The summed E-state index contributed by atoms with van der Waals surface area (Å²) in [5.74, 6) is 0.00131. The lowest BCUT2D eigenvalue weighted by Crippen LogP contribution is -2.58. The Hall–Kier alpha value is 0.210. The molecule has 0 aromatic rings. The van der Waals surface area contributed by atoms with E-state index in [2.05, 4.69) is 20.8 Å². The summed E-state index contributed by atoms with van der Waals surface area (Å²) in [6.45, 7) is 6.67. The zero-order valence-electron chi connectivity index (χ0n) is 11.0. The van der Waals surface area contributed by atoms with Crippen LogP contribution in [0.3, 0.4) is 0 Å². The van der Waals surface area contributed by atoms with E-state index in [0.717, 1.165) is 32.1 Å². The lowest BCUT2D eigenvalue weighted by Gasteiger charge is -2.58. The Morgan fingerprint density at radius 3 is 2.47 bits per heavy atom. The van der Waals surface area contributed by atoms with Gasteiger partial charge in [-0.2, -0.15) is 0 Å². The van der Waals surface area contributed by atoms with Crippen molar-refractivity contribution in [3.8, 4) is 0 Å². The standard InChI is InChI=1S/C14H23ClO2/c1-12(2)8-10-9(12)4-6-13(3,15)11-5-7-14(10,16)17-11/h9-11,16H,4-8H2,1-3H3/t9-,10+,11+,13-,14-/m1/s1. The molecule has 0 unspecified atom stereocenters. The second-order valence-corrected chi connectivity index (χ2v) is 8.08. The quantitative estimate of drug-likeness (QED) is 0.676. The topological polar surface area (TPSA) is 29.5 Å². The third kappa shape index (κ3) is 1.67. The van der Waals surface area contributed by atoms with Gasteiger partial charge in [-0.3, -0.25) is 0 Å². The van der Waals surface area contributed by atoms with Crippen LogP contribution in [0.1, 0.15) is 52.9 Å². The first-order valence-corrected chi connectivity index (χ1v) is 7.22. The van der Waals surface area contributed by atoms with Crippen molar-refractivity contribution in [1.82, 2.24) is 0 Å². The molecule has 5 atom stereocenters. The van der Waals surface area contributed by atoms with Gasteiger partial charge in [0.1, 0.15) is 0 Å². The first-order valence-electron chi connectivity index (χ1n) is 6.84. The lowest BCUT2D eigenvalue weighted by atomic mass is 9.51. The Kier molecular flexibility index (Phi) is 2.45. The SMILES string of the molecule is CC1(C)C[C@H]2[C@H]1CC[C@@](C)(Cl)[C@@H]1CC[C@@]2(O)O1. The van der Waals surface area contributed by atoms with Crippen LogP contribution in [-0.2, 0) is 4.74 Å². The Morgan fingerprint density at radius 2 is 1.82 bits per heavy atom. The van der Waals surface area contributed by atoms with E-state index in [9.17, 15) is 5.11 Å². The molecule has 3 rings (SSSR count). The summed E-state index contributed by atoms with van der Waals surface area (Å²) in [6.07, 6.45) is 4.90. The van der Waals surface area contributed by atoms with Crippen molar-refractivity contribution < 1.29 is 9.84 Å². The van der Waals surface area contributed by atoms with Gasteiger partial charge >= 0.3 is 0 Å². The fourth-order valence-electron chi connectivity index (χ4n) is 4.31. The normalized spacial score (nSPS) is 56.6. The van der Waals surface area contributed by atoms with Gasteiger partial charge in [0.05, 0.1) is 11.0 Å². The molecule has 98 valence electrons. The highest BCUT2D eigenvalue weighted by atomic mass is 35.5. The third-order valence-corrected chi connectivity index (χ3v) is 5.97. The zero-order chi connectivity index (χ0) is 12.5. The number of alkyl halides is 1. The molecule has 1 aliphatic carbocycles. The number of fused-ring (bicyclic) bond motifs is 4. The number of hydrogen-bond donors (Lipinski definition) is 1. The number of hydrogen-bond acceptors (Lipinski definition) is 2. The van der Waals surface area contributed by atoms with E-state index in [1.54, 1.807) is 0 Å². The molecule has 0 amide bonds. The van der Waals surface area contributed by atoms with Gasteiger partial charge in [-0.15, -0.1) is 11.6 Å². The summed E-state index contributed by atoms with van der Waals surface area (Å²) in [4.78, 5) is -0.304. The first-order chi connectivity index (χ1) is 7.75. The van der Waals surface area contributed by atoms with E-state index in [1.165, 1.54) is 0 Å². The van der Waals surface area contributed by atoms with E-state index in [4.69, 9.17) is 16.3 Å². The average molecular weight is 259 g/mol. The van der Waals surface area contributed by atoms with Crippen LogP contribution in [0.2, 0.25) is 0 Å². The molecule has 2 bridgehead atoms. The van der Waals surface area contributed by atoms with Crippen molar-refractivity contribution in [2.24, 2.45) is 17.3 Å². The fraction of sp³-hybridized carbons (Fsp3) is 1.00. The molecule has 0 aromatic heterocycles. The highest BCUT2D eigenvalue weighted by Crippen LogP contribution is 2.62. The second kappa shape index (κ2) is 3.40. The van der Waals surface area contributed by atoms with E-state index in [-0.39, 0.29) is 11.0 Å². The molecule has 0 spiro atoms. The summed E-state index contributed by atoms with van der Waals surface area (Å²) in [5.41, 5.74) is 0.339. The molecule has 2 nitrogen and oxygen atoms in total. The van der Waals surface area contributed by atoms with Gasteiger partial charge in [-0.1, -0.05) is 13.8 Å². The predicted molar refractivity (Wildman–Crippen MR) is 67.9 cm³/mol. The molecule has 17 heavy (non-hydrogen) atoms. The molecule has 2 aliphatic heterocycles. The monoisotopic (exact) mass is 258 g/mol. The summed E-state index contributed by atoms with van der Waals surface area (Å²) in [5, 5.41) is 10.7. The third-order valence-electron chi connectivity index (χ3n) is 5.54. The van der Waals surface area contributed by atoms with Gasteiger partial charge < -0.3 is 9.84 Å². The molecule has 2 saturated heterocycles. The van der Waals surface area contributed by atoms with Crippen LogP contribution in [0.4, 0.5) is 0 Å². The minimum absolute atomic E-state index is 0.0267. The fourth-order valence-corrected chi connectivity index (χ4v) is 4.57. The maximum Gasteiger partial charge on any atom is 0.169 e. The number of rotatable bonds is 0. The number of halogens is 1. The maximum absolute atomic E-state index is 10.7. The van der Waals surface area contributed by atoms with Crippen molar-refractivity contribution in [3.05, 3.63) is 0 Å². The number of aliphatic hydroxyl groups is 1. The largest absolute Gasteiger partial charge is 0.365 e. The highest BCUT2D eigenvalue weighted by molar-refractivity contribution is 6.24. The van der Waals surface area contributed by atoms with Crippen LogP contribution in [0, 0.1) is 17.3 Å². The second-order valence-electron chi connectivity index (χ2n) is 7.21. The minimum atomic E-state index is -0.887. The van der Waals surface area contributed by atoms with Crippen LogP contribution in [0.15, 0.2) is 0 Å². The van der Waals surface area contributed by atoms with E-state index >= 15 is 0 Å². The van der Waals surface area contributed by atoms with Crippen LogP contribution in [0.5, 0.6) is 0 Å². The molecular weight excluding hydrogens is 236 g/mol. The molecule has 1 saturated carbocycles. The molecule has 0 aromatic carbocycles. The van der Waals surface area contributed by atoms with Crippen molar-refractivity contribution >= 4 is 11.6 Å². The van der Waals surface area contributed by atoms with Crippen molar-refractivity contribution in [1.29, 1.82) is 0 Å². The van der Waals surface area contributed by atoms with Crippen molar-refractivity contribution in [3.63, 3.8) is 0 Å². The van der Waals surface area contributed by atoms with Crippen LogP contribution in [-0.4, -0.2) is 21.9 Å². The lowest BCUT2D eigenvalue weighted by molar-refractivity contribution is -0.287. The highest BCUT2D eigenvalue weighted by Gasteiger charge is 2.61. The minimum Gasteiger partial charge on any atom is -0.365 e. The summed E-state index contributed by atoms with van der Waals surface area (Å²) in [6, 6.07) is 0. The van der Waals surface area contributed by atoms with Crippen LogP contribution < -0.4 is 0 Å². The molecule has 3 fully saturated rings. The van der Waals surface area contributed by atoms with Crippen LogP contribution >= 0.6 is 11.6 Å². The first kappa shape index (κ1) is 12.3. The van der Waals surface area contributed by atoms with Crippen LogP contribution in [0.25, 0.3) is 0 Å². The maximum atomic E-state index is 10.7. The van der Waals surface area contributed by atoms with Crippen molar-refractivity contribution in [2.45, 2.75) is 69.6 Å². The zero-order valence-corrected chi connectivity index (χ0v) is 11.8. The van der Waals surface area contributed by atoms with Gasteiger partial charge in [0.15, 0.2) is 5.79 Å². The van der Waals surface area contributed by atoms with E-state index < -0.39 is 5.79 Å². The molecule has 1 N–H and O–H groups in total. The Morgan fingerprint density at radius 1 is 1.12 bits per heavy atom. The molecule has 3 heteroatoms. The summed E-state index contributed by atoms with van der Waals surface area (Å²) >= 11 is 6.60. The Labute approximate surface area is 109 Å². The van der Waals surface area contributed by atoms with E-state index in [0.29, 0.717) is 17.3 Å². The van der Waals surface area contributed by atoms with Gasteiger partial charge in [0.25, 0.3) is 0 Å². The summed E-state index contributed by atoms with van der Waals surface area (Å²) < 4.78 is 5.96. The average Bonchev–Trinajstić information content (AvgIpc) is 2.59. The van der Waals surface area contributed by atoms with Gasteiger partial charge in [0.2, 0.25) is 0 Å². The van der Waals surface area contributed by atoms with Crippen molar-refractivity contribution in [2.75, 3.05) is 0 Å². The number of ether oxygens (including phenoxy) is 1. The van der Waals surface area contributed by atoms with E-state index in [1.807, 2.05) is 0 Å². The molecule has 2 heterocycles. The van der Waals surface area contributed by atoms with Gasteiger partial charge in [-0.05, 0) is 43.9 Å². The van der Waals surface area contributed by atoms with Gasteiger partial charge in [0, 0.05) is 12.3 Å².